The van der Waals surface area contributed by atoms with Gasteiger partial charge in [0.2, 0.25) is 11.8 Å². The second kappa shape index (κ2) is 11.4. The smallest absolute Gasteiger partial charge is 0.326 e. The summed E-state index contributed by atoms with van der Waals surface area (Å²) in [5.41, 5.74) is 1.36. The Morgan fingerprint density at radius 2 is 1.85 bits per heavy atom. The van der Waals surface area contributed by atoms with Crippen molar-refractivity contribution in [1.29, 1.82) is 0 Å². The van der Waals surface area contributed by atoms with Crippen LogP contribution in [0.1, 0.15) is 12.5 Å². The van der Waals surface area contributed by atoms with Crippen LogP contribution in [0.4, 0.5) is 5.69 Å². The predicted molar refractivity (Wildman–Crippen MR) is 125 cm³/mol. The van der Waals surface area contributed by atoms with Gasteiger partial charge < -0.3 is 19.9 Å². The molecule has 0 aliphatic rings. The van der Waals surface area contributed by atoms with Crippen LogP contribution in [0.25, 0.3) is 17.0 Å². The second-order valence-corrected chi connectivity index (χ2v) is 7.00. The fourth-order valence-electron chi connectivity index (χ4n) is 3.12. The number of fused-ring (bicyclic) bond motifs is 1. The van der Waals surface area contributed by atoms with Gasteiger partial charge in [-0.05, 0) is 36.8 Å². The number of benzene rings is 2. The molecule has 0 unspecified atom stereocenters. The highest BCUT2D eigenvalue weighted by atomic mass is 16.5. The molecule has 1 aromatic heterocycles. The van der Waals surface area contributed by atoms with E-state index in [1.807, 2.05) is 0 Å². The summed E-state index contributed by atoms with van der Waals surface area (Å²) in [5, 5.41) is 21.0. The van der Waals surface area contributed by atoms with Gasteiger partial charge in [0.15, 0.2) is 5.69 Å². The van der Waals surface area contributed by atoms with Gasteiger partial charge in [0.1, 0.15) is 18.8 Å². The molecule has 34 heavy (non-hydrogen) atoms. The van der Waals surface area contributed by atoms with E-state index in [1.165, 1.54) is 10.6 Å². The maximum Gasteiger partial charge on any atom is 0.326 e. The third-order valence-corrected chi connectivity index (χ3v) is 4.73. The van der Waals surface area contributed by atoms with Crippen LogP contribution < -0.4 is 10.1 Å². The number of para-hydroxylation sites is 1. The fraction of sp³-hybridized carbons (Fsp3) is 0.208. The fourth-order valence-corrected chi connectivity index (χ4v) is 3.12. The molecule has 2 aromatic carbocycles. The van der Waals surface area contributed by atoms with Gasteiger partial charge in [0.05, 0.1) is 19.2 Å². The Morgan fingerprint density at radius 1 is 1.12 bits per heavy atom. The number of nitrogens with zero attached hydrogens (tertiary/aromatic N) is 3. The summed E-state index contributed by atoms with van der Waals surface area (Å²) < 4.78 is 11.3. The van der Waals surface area contributed by atoms with Gasteiger partial charge in [-0.1, -0.05) is 30.3 Å². The Balaban J connectivity index is 1.64. The highest BCUT2D eigenvalue weighted by Gasteiger charge is 2.19. The standard InChI is InChI=1S/C24H24N4O6/c1-3-34-22(31)15-28-19-7-5-4-6-18(19)23(24(28)32)27-26-21(30)14-25-20(29)13-10-16-8-11-17(33-2)12-9-16/h4-13,32H,3,14-15H2,1-2H3,(H,25,29). The zero-order valence-electron chi connectivity index (χ0n) is 18.7. The summed E-state index contributed by atoms with van der Waals surface area (Å²) in [6.45, 7) is 1.29. The highest BCUT2D eigenvalue weighted by Crippen LogP contribution is 2.38. The van der Waals surface area contributed by atoms with Gasteiger partial charge in [0.25, 0.3) is 5.91 Å². The molecule has 10 heteroatoms. The number of carbonyl (C=O) groups excluding carboxylic acids is 3. The molecule has 0 saturated heterocycles. The number of rotatable bonds is 9. The van der Waals surface area contributed by atoms with E-state index in [0.717, 1.165) is 5.56 Å². The van der Waals surface area contributed by atoms with Crippen molar-refractivity contribution in [2.75, 3.05) is 20.3 Å². The zero-order valence-corrected chi connectivity index (χ0v) is 18.7. The molecule has 0 aliphatic carbocycles. The van der Waals surface area contributed by atoms with E-state index < -0.39 is 17.8 Å². The number of esters is 1. The van der Waals surface area contributed by atoms with E-state index >= 15 is 0 Å². The summed E-state index contributed by atoms with van der Waals surface area (Å²) in [5.74, 6) is -1.34. The monoisotopic (exact) mass is 464 g/mol. The van der Waals surface area contributed by atoms with Crippen LogP contribution in [0.5, 0.6) is 11.6 Å². The van der Waals surface area contributed by atoms with Crippen molar-refractivity contribution >= 4 is 40.4 Å². The number of carbonyl (C=O) groups is 3. The molecule has 0 saturated carbocycles. The number of amides is 2. The maximum atomic E-state index is 12.1. The van der Waals surface area contributed by atoms with Crippen molar-refractivity contribution < 1.29 is 29.0 Å². The number of ether oxygens (including phenoxy) is 2. The minimum atomic E-state index is -0.715. The quantitative estimate of drug-likeness (QED) is 0.284. The van der Waals surface area contributed by atoms with E-state index in [2.05, 4.69) is 15.5 Å². The molecule has 0 spiro atoms. The Kier molecular flexibility index (Phi) is 8.11. The average molecular weight is 464 g/mol. The lowest BCUT2D eigenvalue weighted by Gasteiger charge is -2.06. The van der Waals surface area contributed by atoms with Gasteiger partial charge in [-0.2, -0.15) is 0 Å². The first kappa shape index (κ1) is 24.2. The van der Waals surface area contributed by atoms with Gasteiger partial charge in [-0.3, -0.25) is 19.0 Å². The Hall–Kier alpha value is -4.47. The van der Waals surface area contributed by atoms with Crippen LogP contribution in [0.2, 0.25) is 0 Å². The topological polar surface area (TPSA) is 132 Å². The predicted octanol–water partition coefficient (Wildman–Crippen LogP) is 3.36. The van der Waals surface area contributed by atoms with E-state index in [0.29, 0.717) is 16.7 Å². The van der Waals surface area contributed by atoms with Gasteiger partial charge >= 0.3 is 5.97 Å². The molecule has 1 heterocycles. The summed E-state index contributed by atoms with van der Waals surface area (Å²) in [6, 6.07) is 13.9. The van der Waals surface area contributed by atoms with Crippen molar-refractivity contribution in [3.63, 3.8) is 0 Å². The first-order valence-electron chi connectivity index (χ1n) is 10.4. The number of azo groups is 1. The number of nitrogens with one attached hydrogen (secondary N) is 1. The molecule has 2 amide bonds. The molecule has 3 rings (SSSR count). The summed E-state index contributed by atoms with van der Waals surface area (Å²) in [6.07, 6.45) is 2.89. The molecule has 0 bridgehead atoms. The van der Waals surface area contributed by atoms with E-state index in [4.69, 9.17) is 9.47 Å². The number of hydrogen-bond acceptors (Lipinski definition) is 7. The first-order chi connectivity index (χ1) is 16.4. The van der Waals surface area contributed by atoms with Crippen molar-refractivity contribution in [1.82, 2.24) is 9.88 Å². The van der Waals surface area contributed by atoms with Gasteiger partial charge in [-0.15, -0.1) is 10.2 Å². The lowest BCUT2D eigenvalue weighted by molar-refractivity contribution is -0.143. The maximum absolute atomic E-state index is 12.1. The van der Waals surface area contributed by atoms with E-state index in [9.17, 15) is 19.5 Å². The highest BCUT2D eigenvalue weighted by molar-refractivity contribution is 5.97. The van der Waals surface area contributed by atoms with E-state index in [-0.39, 0.29) is 31.3 Å². The van der Waals surface area contributed by atoms with Crippen LogP contribution in [0.15, 0.2) is 64.8 Å². The molecule has 0 radical (unpaired) electrons. The van der Waals surface area contributed by atoms with Crippen LogP contribution in [-0.4, -0.2) is 47.7 Å². The summed E-state index contributed by atoms with van der Waals surface area (Å²) in [4.78, 5) is 36.0. The first-order valence-corrected chi connectivity index (χ1v) is 10.4. The Labute approximate surface area is 195 Å². The molecular weight excluding hydrogens is 440 g/mol. The lowest BCUT2D eigenvalue weighted by Crippen LogP contribution is -2.26. The minimum Gasteiger partial charge on any atom is -0.497 e. The third kappa shape index (κ3) is 6.06. The number of aromatic hydroxyl groups is 1. The molecule has 2 N–H and O–H groups in total. The van der Waals surface area contributed by atoms with Crippen molar-refractivity contribution in [2.24, 2.45) is 10.2 Å². The molecule has 0 fully saturated rings. The van der Waals surface area contributed by atoms with Crippen LogP contribution in [0, 0.1) is 0 Å². The largest absolute Gasteiger partial charge is 0.497 e. The van der Waals surface area contributed by atoms with E-state index in [1.54, 1.807) is 68.6 Å². The zero-order chi connectivity index (χ0) is 24.5. The molecule has 3 aromatic rings. The second-order valence-electron chi connectivity index (χ2n) is 7.00. The number of hydrogen-bond donors (Lipinski definition) is 2. The SMILES string of the molecule is CCOC(=O)Cn1c(O)c(N=NC(=O)CNC(=O)C=Cc2ccc(OC)cc2)c2ccccc21. The molecule has 0 atom stereocenters. The Bertz CT molecular complexity index is 1240. The number of methoxy groups -OCH3 is 1. The van der Waals surface area contributed by atoms with Crippen molar-refractivity contribution in [3.8, 4) is 11.6 Å². The summed E-state index contributed by atoms with van der Waals surface area (Å²) in [7, 11) is 1.57. The molecule has 176 valence electrons. The van der Waals surface area contributed by atoms with Crippen molar-refractivity contribution in [2.45, 2.75) is 13.5 Å². The van der Waals surface area contributed by atoms with Gasteiger partial charge in [0, 0.05) is 11.5 Å². The normalized spacial score (nSPS) is 11.2. The lowest BCUT2D eigenvalue weighted by atomic mass is 10.2. The summed E-state index contributed by atoms with van der Waals surface area (Å²) >= 11 is 0. The molecule has 0 aliphatic heterocycles. The van der Waals surface area contributed by atoms with Crippen molar-refractivity contribution in [3.05, 3.63) is 60.2 Å². The third-order valence-electron chi connectivity index (χ3n) is 4.73. The van der Waals surface area contributed by atoms with Crippen LogP contribution in [0.3, 0.4) is 0 Å². The Morgan fingerprint density at radius 3 is 2.56 bits per heavy atom. The number of aromatic nitrogens is 1. The van der Waals surface area contributed by atoms with Crippen LogP contribution in [-0.2, 0) is 25.7 Å². The molecular formula is C24H24N4O6. The minimum absolute atomic E-state index is 0.0407. The molecule has 10 nitrogen and oxygen atoms in total. The average Bonchev–Trinajstić information content (AvgIpc) is 3.11. The van der Waals surface area contributed by atoms with Crippen LogP contribution >= 0.6 is 0 Å². The van der Waals surface area contributed by atoms with Gasteiger partial charge in [-0.25, -0.2) is 0 Å².